The molecule has 1 heterocycles. The number of halogens is 1. The van der Waals surface area contributed by atoms with Gasteiger partial charge in [-0.15, -0.1) is 10.2 Å². The number of phenols is 1. The Kier molecular flexibility index (Phi) is 5.68. The van der Waals surface area contributed by atoms with Crippen molar-refractivity contribution in [1.29, 1.82) is 0 Å². The number of carbonyl (C=O) groups is 1. The van der Waals surface area contributed by atoms with Gasteiger partial charge in [0.2, 0.25) is 0 Å². The Morgan fingerprint density at radius 1 is 1.26 bits per heavy atom. The number of aromatic hydroxyl groups is 1. The summed E-state index contributed by atoms with van der Waals surface area (Å²) in [5.74, 6) is -0.484. The maximum Gasteiger partial charge on any atom is 0.342 e. The number of hydrogen-bond donors (Lipinski definition) is 2. The molecule has 9 heteroatoms. The molecule has 0 fully saturated rings. The summed E-state index contributed by atoms with van der Waals surface area (Å²) in [6, 6.07) is 11.2. The average molecular weight is 405 g/mol. The molecule has 0 saturated heterocycles. The molecule has 0 atom stereocenters. The van der Waals surface area contributed by atoms with E-state index in [-0.39, 0.29) is 21.8 Å². The first-order valence-electron chi connectivity index (χ1n) is 7.55. The van der Waals surface area contributed by atoms with Crippen LogP contribution < -0.4 is 4.74 Å². The van der Waals surface area contributed by atoms with E-state index in [1.54, 1.807) is 30.3 Å². The van der Waals surface area contributed by atoms with Gasteiger partial charge < -0.3 is 19.4 Å². The van der Waals surface area contributed by atoms with E-state index in [1.165, 1.54) is 25.3 Å². The van der Waals surface area contributed by atoms with Crippen molar-refractivity contribution in [3.63, 3.8) is 0 Å². The predicted octanol–water partition coefficient (Wildman–Crippen LogP) is 4.32. The summed E-state index contributed by atoms with van der Waals surface area (Å²) < 4.78 is 10.8. The van der Waals surface area contributed by atoms with E-state index in [2.05, 4.69) is 10.2 Å². The molecule has 138 valence electrons. The molecule has 0 unspecified atom stereocenters. The van der Waals surface area contributed by atoms with Gasteiger partial charge in [0.05, 0.1) is 12.7 Å². The number of carboxylic acid groups (broad SMARTS) is 1. The summed E-state index contributed by atoms with van der Waals surface area (Å²) in [5, 5.41) is 27.3. The summed E-state index contributed by atoms with van der Waals surface area (Å²) in [7, 11) is 1.50. The maximum absolute atomic E-state index is 11.5. The van der Waals surface area contributed by atoms with Gasteiger partial charge in [-0.25, -0.2) is 4.79 Å². The van der Waals surface area contributed by atoms with Crippen molar-refractivity contribution in [1.82, 2.24) is 10.2 Å². The third-order valence-electron chi connectivity index (χ3n) is 3.37. The van der Waals surface area contributed by atoms with Gasteiger partial charge in [-0.3, -0.25) is 0 Å². The highest BCUT2D eigenvalue weighted by atomic mass is 35.5. The van der Waals surface area contributed by atoms with E-state index in [4.69, 9.17) is 20.8 Å². The molecule has 1 aromatic heterocycles. The fourth-order valence-corrected chi connectivity index (χ4v) is 3.05. The first kappa shape index (κ1) is 18.8. The molecule has 0 saturated carbocycles. The first-order valence-corrected chi connectivity index (χ1v) is 8.75. The van der Waals surface area contributed by atoms with Crippen molar-refractivity contribution >= 4 is 35.4 Å². The second-order valence-corrected chi connectivity index (χ2v) is 6.66. The first-order chi connectivity index (χ1) is 13.0. The number of thioether (sulfide) groups is 1. The number of aliphatic carboxylic acids is 1. The zero-order chi connectivity index (χ0) is 19.4. The Hall–Kier alpha value is -2.97. The second-order valence-electron chi connectivity index (χ2n) is 5.23. The van der Waals surface area contributed by atoms with E-state index in [0.29, 0.717) is 21.9 Å². The number of rotatable bonds is 6. The van der Waals surface area contributed by atoms with Crippen LogP contribution in [0.1, 0.15) is 5.56 Å². The van der Waals surface area contributed by atoms with E-state index in [1.807, 2.05) is 0 Å². The lowest BCUT2D eigenvalue weighted by molar-refractivity contribution is -0.131. The molecule has 0 aliphatic rings. The van der Waals surface area contributed by atoms with Crippen molar-refractivity contribution in [3.8, 4) is 23.0 Å². The highest BCUT2D eigenvalue weighted by Gasteiger charge is 2.18. The Labute approximate surface area is 163 Å². The van der Waals surface area contributed by atoms with E-state index >= 15 is 0 Å². The fourth-order valence-electron chi connectivity index (χ4n) is 2.20. The number of hydrogen-bond acceptors (Lipinski definition) is 7. The third-order valence-corrected chi connectivity index (χ3v) is 4.46. The molecule has 7 nitrogen and oxygen atoms in total. The summed E-state index contributed by atoms with van der Waals surface area (Å²) in [6.07, 6.45) is 1.40. The number of methoxy groups -OCH3 is 1. The molecule has 0 aliphatic carbocycles. The highest BCUT2D eigenvalue weighted by Crippen LogP contribution is 2.35. The van der Waals surface area contributed by atoms with Crippen molar-refractivity contribution in [2.45, 2.75) is 5.22 Å². The normalized spacial score (nSPS) is 11.4. The quantitative estimate of drug-likeness (QED) is 0.462. The van der Waals surface area contributed by atoms with Crippen LogP contribution in [-0.2, 0) is 4.79 Å². The fraction of sp³-hybridized carbons (Fsp3) is 0.0556. The lowest BCUT2D eigenvalue weighted by atomic mass is 10.2. The van der Waals surface area contributed by atoms with E-state index in [9.17, 15) is 15.0 Å². The van der Waals surface area contributed by atoms with E-state index < -0.39 is 5.97 Å². The average Bonchev–Trinajstić information content (AvgIpc) is 3.09. The summed E-state index contributed by atoms with van der Waals surface area (Å²) in [4.78, 5) is 11.5. The van der Waals surface area contributed by atoms with Gasteiger partial charge in [0.1, 0.15) is 16.4 Å². The molecule has 0 radical (unpaired) electrons. The van der Waals surface area contributed by atoms with Crippen LogP contribution in [0, 0.1) is 0 Å². The molecule has 3 rings (SSSR count). The van der Waals surface area contributed by atoms with Gasteiger partial charge in [-0.2, -0.15) is 0 Å². The minimum atomic E-state index is -1.16. The van der Waals surface area contributed by atoms with Crippen molar-refractivity contribution < 1.29 is 24.2 Å². The number of benzene rings is 2. The zero-order valence-corrected chi connectivity index (χ0v) is 15.5. The summed E-state index contributed by atoms with van der Waals surface area (Å²) >= 11 is 6.80. The lowest BCUT2D eigenvalue weighted by Crippen LogP contribution is -1.96. The molecule has 0 aliphatic heterocycles. The van der Waals surface area contributed by atoms with Crippen LogP contribution in [0.15, 0.2) is 57.0 Å². The molecule has 27 heavy (non-hydrogen) atoms. The van der Waals surface area contributed by atoms with Crippen LogP contribution in [0.5, 0.6) is 11.5 Å². The number of nitrogens with zero attached hydrogens (tertiary/aromatic N) is 2. The molecule has 0 spiro atoms. The zero-order valence-electron chi connectivity index (χ0n) is 13.9. The van der Waals surface area contributed by atoms with Crippen molar-refractivity contribution in [2.75, 3.05) is 7.11 Å². The van der Waals surface area contributed by atoms with Gasteiger partial charge in [-0.1, -0.05) is 23.7 Å². The molecular formula is C18H13ClN2O5S. The third kappa shape index (κ3) is 4.60. The molecular weight excluding hydrogens is 392 g/mol. The predicted molar refractivity (Wildman–Crippen MR) is 101 cm³/mol. The minimum absolute atomic E-state index is 0.0339. The maximum atomic E-state index is 11.5. The smallest absolute Gasteiger partial charge is 0.342 e. The highest BCUT2D eigenvalue weighted by molar-refractivity contribution is 8.03. The van der Waals surface area contributed by atoms with Crippen LogP contribution in [-0.4, -0.2) is 33.5 Å². The standard InChI is InChI=1S/C18H13ClN2O5S/c1-25-14-6-5-11(19)9-13(14)16-20-21-18(26-16)27-15(17(23)24)8-10-3-2-4-12(22)7-10/h2-9,22H,1H3,(H,23,24)/b15-8-. The molecule has 0 bridgehead atoms. The number of aromatic nitrogens is 2. The van der Waals surface area contributed by atoms with Crippen LogP contribution in [0.25, 0.3) is 17.5 Å². The SMILES string of the molecule is COc1ccc(Cl)cc1-c1nnc(S/C(=C\c2cccc(O)c2)C(=O)O)o1. The van der Waals surface area contributed by atoms with Gasteiger partial charge in [0, 0.05) is 5.02 Å². The second kappa shape index (κ2) is 8.15. The monoisotopic (exact) mass is 404 g/mol. The van der Waals surface area contributed by atoms with Crippen molar-refractivity contribution in [2.24, 2.45) is 0 Å². The van der Waals surface area contributed by atoms with Crippen LogP contribution in [0.4, 0.5) is 0 Å². The summed E-state index contributed by atoms with van der Waals surface area (Å²) in [5.41, 5.74) is 1.02. The van der Waals surface area contributed by atoms with Crippen molar-refractivity contribution in [3.05, 3.63) is 58.0 Å². The van der Waals surface area contributed by atoms with E-state index in [0.717, 1.165) is 11.8 Å². The van der Waals surface area contributed by atoms with Crippen LogP contribution >= 0.6 is 23.4 Å². The summed E-state index contributed by atoms with van der Waals surface area (Å²) in [6.45, 7) is 0. The van der Waals surface area contributed by atoms with Gasteiger partial charge in [-0.05, 0) is 53.7 Å². The largest absolute Gasteiger partial charge is 0.508 e. The van der Waals surface area contributed by atoms with Gasteiger partial charge >= 0.3 is 5.97 Å². The lowest BCUT2D eigenvalue weighted by Gasteiger charge is -2.04. The number of ether oxygens (including phenoxy) is 1. The Morgan fingerprint density at radius 3 is 2.78 bits per heavy atom. The number of carboxylic acids is 1. The molecule has 0 amide bonds. The Balaban J connectivity index is 1.89. The molecule has 3 aromatic rings. The molecule has 2 aromatic carbocycles. The van der Waals surface area contributed by atoms with Crippen LogP contribution in [0.3, 0.4) is 0 Å². The minimum Gasteiger partial charge on any atom is -0.508 e. The topological polar surface area (TPSA) is 106 Å². The Morgan fingerprint density at radius 2 is 2.07 bits per heavy atom. The Bertz CT molecular complexity index is 1020. The number of phenolic OH excluding ortho intramolecular Hbond substituents is 1. The van der Waals surface area contributed by atoms with Gasteiger partial charge in [0.25, 0.3) is 11.1 Å². The van der Waals surface area contributed by atoms with Gasteiger partial charge in [0.15, 0.2) is 0 Å². The van der Waals surface area contributed by atoms with Crippen LogP contribution in [0.2, 0.25) is 5.02 Å². The molecule has 2 N–H and O–H groups in total.